The van der Waals surface area contributed by atoms with Gasteiger partial charge in [-0.05, 0) is 50.3 Å². The van der Waals surface area contributed by atoms with Crippen molar-refractivity contribution in [3.8, 4) is 0 Å². The molecule has 4 nitrogen and oxygen atoms in total. The molecule has 0 unspecified atom stereocenters. The molecule has 1 saturated carbocycles. The lowest BCUT2D eigenvalue weighted by Gasteiger charge is -2.47. The third kappa shape index (κ3) is 3.36. The van der Waals surface area contributed by atoms with Crippen LogP contribution in [0.3, 0.4) is 0 Å². The topological polar surface area (TPSA) is 46.6 Å². The van der Waals surface area contributed by atoms with Crippen molar-refractivity contribution in [3.63, 3.8) is 0 Å². The zero-order chi connectivity index (χ0) is 18.4. The molecule has 0 spiro atoms. The lowest BCUT2D eigenvalue weighted by Crippen LogP contribution is -2.43. The van der Waals surface area contributed by atoms with Gasteiger partial charge in [-0.2, -0.15) is 0 Å². The Balaban J connectivity index is 1.64. The third-order valence-electron chi connectivity index (χ3n) is 5.69. The van der Waals surface area contributed by atoms with E-state index in [1.54, 1.807) is 12.1 Å². The van der Waals surface area contributed by atoms with Gasteiger partial charge >= 0.3 is 0 Å². The number of benzene rings is 1. The zero-order valence-electron chi connectivity index (χ0n) is 15.9. The van der Waals surface area contributed by atoms with Crippen molar-refractivity contribution in [2.75, 3.05) is 12.5 Å². The van der Waals surface area contributed by atoms with E-state index in [1.165, 1.54) is 4.90 Å². The van der Waals surface area contributed by atoms with Crippen LogP contribution in [0, 0.1) is 0 Å². The van der Waals surface area contributed by atoms with E-state index in [9.17, 15) is 9.59 Å². The van der Waals surface area contributed by atoms with E-state index in [0.29, 0.717) is 11.1 Å². The number of imide groups is 1. The normalized spacial score (nSPS) is 25.2. The lowest BCUT2D eigenvalue weighted by atomic mass is 9.92. The Hall–Kier alpha value is -1.33. The number of amides is 2. The first-order valence-corrected chi connectivity index (χ1v) is 11.4. The van der Waals surface area contributed by atoms with Crippen LogP contribution >= 0.6 is 10.3 Å². The Labute approximate surface area is 152 Å². The van der Waals surface area contributed by atoms with Crippen LogP contribution in [0.25, 0.3) is 0 Å². The van der Waals surface area contributed by atoms with E-state index in [2.05, 4.69) is 33.3 Å². The molecule has 2 amide bonds. The third-order valence-corrected chi connectivity index (χ3v) is 9.39. The summed E-state index contributed by atoms with van der Waals surface area (Å²) in [5.41, 5.74) is 1.09. The number of carbonyl (C=O) groups excluding carboxylic acids is 2. The highest BCUT2D eigenvalue weighted by Gasteiger charge is 2.41. The molecular formula is C20H29NO3S. The number of nitrogens with zero attached hydrogens (tertiary/aromatic N) is 1. The molecule has 2 aliphatic rings. The van der Waals surface area contributed by atoms with Gasteiger partial charge in [0.15, 0.2) is 0 Å². The number of hydrogen-bond acceptors (Lipinski definition) is 3. The second-order valence-corrected chi connectivity index (χ2v) is 12.3. The number of fused-ring (bicyclic) bond motifs is 1. The molecule has 1 aliphatic heterocycles. The van der Waals surface area contributed by atoms with Crippen LogP contribution in [0.5, 0.6) is 0 Å². The van der Waals surface area contributed by atoms with Gasteiger partial charge in [-0.1, -0.05) is 32.9 Å². The summed E-state index contributed by atoms with van der Waals surface area (Å²) in [5, 5.41) is 0. The maximum Gasteiger partial charge on any atom is 0.261 e. The molecule has 3 rings (SSSR count). The number of carbonyl (C=O) groups is 2. The minimum Gasteiger partial charge on any atom is -0.333 e. The van der Waals surface area contributed by atoms with Gasteiger partial charge < -0.3 is 4.18 Å². The van der Waals surface area contributed by atoms with Crippen LogP contribution < -0.4 is 0 Å². The van der Waals surface area contributed by atoms with Crippen molar-refractivity contribution in [2.45, 2.75) is 63.3 Å². The molecule has 0 atom stereocenters. The second-order valence-electron chi connectivity index (χ2n) is 8.40. The quantitative estimate of drug-likeness (QED) is 0.748. The molecule has 0 N–H and O–H groups in total. The van der Waals surface area contributed by atoms with E-state index in [0.717, 1.165) is 25.7 Å². The van der Waals surface area contributed by atoms with Crippen LogP contribution in [0.1, 0.15) is 67.2 Å². The highest BCUT2D eigenvalue weighted by atomic mass is 32.3. The van der Waals surface area contributed by atoms with E-state index < -0.39 is 10.3 Å². The Kier molecular flexibility index (Phi) is 4.75. The van der Waals surface area contributed by atoms with Gasteiger partial charge in [0.1, 0.15) is 0 Å². The van der Waals surface area contributed by atoms with Crippen LogP contribution in [0.15, 0.2) is 24.3 Å². The van der Waals surface area contributed by atoms with Gasteiger partial charge in [-0.25, -0.2) is 0 Å². The minimum atomic E-state index is -1.15. The first kappa shape index (κ1) is 18.5. The van der Waals surface area contributed by atoms with Crippen molar-refractivity contribution in [1.82, 2.24) is 4.90 Å². The molecule has 0 aromatic heterocycles. The number of hydrogen-bond donors (Lipinski definition) is 0. The summed E-state index contributed by atoms with van der Waals surface area (Å²) in [6, 6.07) is 7.13. The van der Waals surface area contributed by atoms with Crippen molar-refractivity contribution >= 4 is 22.1 Å². The fraction of sp³-hybridized carbons (Fsp3) is 0.600. The summed E-state index contributed by atoms with van der Waals surface area (Å²) >= 11 is 0. The Morgan fingerprint density at radius 3 is 1.88 bits per heavy atom. The molecule has 1 fully saturated rings. The molecule has 5 heteroatoms. The maximum absolute atomic E-state index is 12.6. The van der Waals surface area contributed by atoms with Crippen molar-refractivity contribution in [3.05, 3.63) is 35.4 Å². The fourth-order valence-corrected chi connectivity index (χ4v) is 4.59. The predicted molar refractivity (Wildman–Crippen MR) is 103 cm³/mol. The molecular weight excluding hydrogens is 334 g/mol. The average Bonchev–Trinajstić information content (AvgIpc) is 2.79. The van der Waals surface area contributed by atoms with Crippen molar-refractivity contribution in [1.29, 1.82) is 0 Å². The van der Waals surface area contributed by atoms with Crippen LogP contribution in [-0.2, 0) is 4.18 Å². The van der Waals surface area contributed by atoms with E-state index in [4.69, 9.17) is 4.18 Å². The van der Waals surface area contributed by atoms with E-state index >= 15 is 0 Å². The molecule has 1 heterocycles. The monoisotopic (exact) mass is 363 g/mol. The lowest BCUT2D eigenvalue weighted by molar-refractivity contribution is 0.0488. The number of rotatable bonds is 3. The first-order valence-electron chi connectivity index (χ1n) is 9.00. The SMILES string of the molecule is CC(C)(C)S(C)(C)OC1CCC(N2C(=O)c3ccccc3C2=O)CC1. The van der Waals surface area contributed by atoms with Gasteiger partial charge in [-0.15, -0.1) is 10.3 Å². The molecule has 138 valence electrons. The molecule has 0 radical (unpaired) electrons. The summed E-state index contributed by atoms with van der Waals surface area (Å²) in [6.45, 7) is 6.69. The zero-order valence-corrected chi connectivity index (χ0v) is 16.7. The predicted octanol–water partition coefficient (Wildman–Crippen LogP) is 4.39. The molecule has 0 saturated heterocycles. The second kappa shape index (κ2) is 6.44. The van der Waals surface area contributed by atoms with Gasteiger partial charge in [0.2, 0.25) is 0 Å². The molecule has 0 bridgehead atoms. The first-order chi connectivity index (χ1) is 11.6. The van der Waals surface area contributed by atoms with Gasteiger partial charge in [0, 0.05) is 10.8 Å². The Morgan fingerprint density at radius 2 is 1.44 bits per heavy atom. The van der Waals surface area contributed by atoms with Crippen LogP contribution in [0.2, 0.25) is 0 Å². The maximum atomic E-state index is 12.6. The minimum absolute atomic E-state index is 0.000000945. The Bertz CT molecular complexity index is 649. The summed E-state index contributed by atoms with van der Waals surface area (Å²) in [7, 11) is -1.15. The molecule has 1 aromatic rings. The van der Waals surface area contributed by atoms with E-state index in [1.807, 2.05) is 12.1 Å². The van der Waals surface area contributed by atoms with E-state index in [-0.39, 0.29) is 28.7 Å². The van der Waals surface area contributed by atoms with Gasteiger partial charge in [-0.3, -0.25) is 14.5 Å². The summed E-state index contributed by atoms with van der Waals surface area (Å²) in [6.07, 6.45) is 8.16. The summed E-state index contributed by atoms with van der Waals surface area (Å²) < 4.78 is 6.61. The summed E-state index contributed by atoms with van der Waals surface area (Å²) in [4.78, 5) is 26.7. The van der Waals surface area contributed by atoms with Crippen molar-refractivity contribution in [2.24, 2.45) is 0 Å². The standard InChI is InChI=1S/C20H29NO3S/c1-20(2,3)25(4,5)24-15-12-10-14(11-13-15)21-18(22)16-8-6-7-9-17(16)19(21)23/h6-9,14-15H,10-13H2,1-5H3. The van der Waals surface area contributed by atoms with Gasteiger partial charge in [0.25, 0.3) is 11.8 Å². The molecule has 1 aliphatic carbocycles. The molecule has 1 aromatic carbocycles. The fourth-order valence-electron chi connectivity index (χ4n) is 3.42. The average molecular weight is 364 g/mol. The smallest absolute Gasteiger partial charge is 0.261 e. The van der Waals surface area contributed by atoms with Crippen LogP contribution in [-0.4, -0.2) is 46.1 Å². The summed E-state index contributed by atoms with van der Waals surface area (Å²) in [5.74, 6) is -0.267. The highest BCUT2D eigenvalue weighted by Crippen LogP contribution is 2.55. The Morgan fingerprint density at radius 1 is 0.960 bits per heavy atom. The largest absolute Gasteiger partial charge is 0.333 e. The van der Waals surface area contributed by atoms with Gasteiger partial charge in [0.05, 0.1) is 17.2 Å². The van der Waals surface area contributed by atoms with Crippen molar-refractivity contribution < 1.29 is 13.8 Å². The highest BCUT2D eigenvalue weighted by molar-refractivity contribution is 8.29. The van der Waals surface area contributed by atoms with Crippen LogP contribution in [0.4, 0.5) is 0 Å². The molecule has 25 heavy (non-hydrogen) atoms.